The van der Waals surface area contributed by atoms with Gasteiger partial charge in [-0.05, 0) is 49.7 Å². The molecule has 0 bridgehead atoms. The maximum absolute atomic E-state index is 6.34. The molecule has 3 heterocycles. The fraction of sp³-hybridized carbons (Fsp3) is 0.385. The summed E-state index contributed by atoms with van der Waals surface area (Å²) in [5.74, 6) is 1.40. The first-order valence-electron chi connectivity index (χ1n) is 11.7. The van der Waals surface area contributed by atoms with Crippen LogP contribution in [0.3, 0.4) is 0 Å². The molecule has 33 heavy (non-hydrogen) atoms. The summed E-state index contributed by atoms with van der Waals surface area (Å²) >= 11 is 1.64. The molecule has 2 aliphatic rings. The topological polar surface area (TPSA) is 44.7 Å². The summed E-state index contributed by atoms with van der Waals surface area (Å²) in [4.78, 5) is 18.7. The van der Waals surface area contributed by atoms with Crippen molar-refractivity contribution in [2.45, 2.75) is 29.2 Å². The van der Waals surface area contributed by atoms with Crippen LogP contribution in [-0.2, 0) is 6.61 Å². The number of likely N-dealkylation sites (N-methyl/N-ethyl adjacent to an activating group) is 1. The summed E-state index contributed by atoms with van der Waals surface area (Å²) in [5.41, 5.74) is 2.45. The maximum atomic E-state index is 6.34. The third-order valence-electron chi connectivity index (χ3n) is 6.22. The van der Waals surface area contributed by atoms with Gasteiger partial charge in [-0.25, -0.2) is 4.98 Å². The minimum absolute atomic E-state index is 0.489. The molecule has 2 aliphatic heterocycles. The summed E-state index contributed by atoms with van der Waals surface area (Å²) in [7, 11) is 2.16. The van der Waals surface area contributed by atoms with Crippen LogP contribution in [0, 0.1) is 0 Å². The van der Waals surface area contributed by atoms with Crippen LogP contribution in [-0.4, -0.2) is 61.2 Å². The van der Waals surface area contributed by atoms with Crippen LogP contribution in [0.5, 0.6) is 5.88 Å². The SMILES string of the molecule is CN1CCN(c2ncc(Sc3ccccc3)c(OCc3cccc(N4CCCC4)c3)n2)CC1. The molecule has 172 valence electrons. The Morgan fingerprint density at radius 1 is 0.879 bits per heavy atom. The standard InChI is InChI=1S/C26H31N5OS/c1-29-14-16-31(17-15-29)26-27-19-24(33-23-10-3-2-4-11-23)25(28-26)32-20-21-8-7-9-22(18-21)30-12-5-6-13-30/h2-4,7-11,18-19H,5-6,12-17,20H2,1H3. The van der Waals surface area contributed by atoms with Crippen molar-refractivity contribution in [3.63, 3.8) is 0 Å². The Morgan fingerprint density at radius 3 is 2.45 bits per heavy atom. The molecule has 0 saturated carbocycles. The molecule has 0 spiro atoms. The lowest BCUT2D eigenvalue weighted by Crippen LogP contribution is -2.45. The number of nitrogens with zero attached hydrogens (tertiary/aromatic N) is 5. The highest BCUT2D eigenvalue weighted by Crippen LogP contribution is 2.35. The van der Waals surface area contributed by atoms with Crippen LogP contribution in [0.25, 0.3) is 0 Å². The number of aromatic nitrogens is 2. The zero-order valence-corrected chi connectivity index (χ0v) is 20.0. The van der Waals surface area contributed by atoms with Crippen molar-refractivity contribution in [1.29, 1.82) is 0 Å². The minimum atomic E-state index is 0.489. The normalized spacial score (nSPS) is 16.9. The molecule has 5 rings (SSSR count). The van der Waals surface area contributed by atoms with Gasteiger partial charge in [-0.3, -0.25) is 0 Å². The van der Waals surface area contributed by atoms with Gasteiger partial charge >= 0.3 is 0 Å². The lowest BCUT2D eigenvalue weighted by molar-refractivity contribution is 0.283. The summed E-state index contributed by atoms with van der Waals surface area (Å²) in [5, 5.41) is 0. The smallest absolute Gasteiger partial charge is 0.232 e. The van der Waals surface area contributed by atoms with Crippen LogP contribution in [0.15, 0.2) is 70.6 Å². The Balaban J connectivity index is 1.36. The molecule has 2 fully saturated rings. The van der Waals surface area contributed by atoms with Crippen molar-refractivity contribution >= 4 is 23.4 Å². The molecule has 0 amide bonds. The van der Waals surface area contributed by atoms with E-state index in [0.29, 0.717) is 12.5 Å². The Labute approximate surface area is 200 Å². The van der Waals surface area contributed by atoms with E-state index < -0.39 is 0 Å². The highest BCUT2D eigenvalue weighted by molar-refractivity contribution is 7.99. The predicted molar refractivity (Wildman–Crippen MR) is 135 cm³/mol. The highest BCUT2D eigenvalue weighted by atomic mass is 32.2. The molecule has 2 aromatic carbocycles. The van der Waals surface area contributed by atoms with Crippen LogP contribution in [0.1, 0.15) is 18.4 Å². The van der Waals surface area contributed by atoms with E-state index in [4.69, 9.17) is 14.7 Å². The Bertz CT molecular complexity index is 1050. The van der Waals surface area contributed by atoms with Gasteiger partial charge in [0, 0.05) is 49.9 Å². The lowest BCUT2D eigenvalue weighted by Gasteiger charge is -2.32. The first-order chi connectivity index (χ1) is 16.2. The van der Waals surface area contributed by atoms with Gasteiger partial charge < -0.3 is 19.4 Å². The zero-order chi connectivity index (χ0) is 22.5. The second-order valence-corrected chi connectivity index (χ2v) is 9.81. The van der Waals surface area contributed by atoms with Crippen molar-refractivity contribution in [1.82, 2.24) is 14.9 Å². The first-order valence-corrected chi connectivity index (χ1v) is 12.6. The zero-order valence-electron chi connectivity index (χ0n) is 19.2. The van der Waals surface area contributed by atoms with E-state index in [-0.39, 0.29) is 0 Å². The molecule has 2 saturated heterocycles. The van der Waals surface area contributed by atoms with Gasteiger partial charge in [0.1, 0.15) is 6.61 Å². The summed E-state index contributed by atoms with van der Waals surface area (Å²) < 4.78 is 6.34. The van der Waals surface area contributed by atoms with E-state index in [9.17, 15) is 0 Å². The average molecular weight is 462 g/mol. The number of anilines is 2. The molecule has 1 aromatic heterocycles. The number of hydrogen-bond acceptors (Lipinski definition) is 7. The molecular weight excluding hydrogens is 430 g/mol. The van der Waals surface area contributed by atoms with E-state index in [1.165, 1.54) is 18.5 Å². The fourth-order valence-corrected chi connectivity index (χ4v) is 5.11. The Morgan fingerprint density at radius 2 is 1.67 bits per heavy atom. The molecule has 0 radical (unpaired) electrons. The fourth-order valence-electron chi connectivity index (χ4n) is 4.26. The number of ether oxygens (including phenoxy) is 1. The van der Waals surface area contributed by atoms with Crippen molar-refractivity contribution in [3.05, 3.63) is 66.4 Å². The van der Waals surface area contributed by atoms with E-state index >= 15 is 0 Å². The van der Waals surface area contributed by atoms with Crippen molar-refractivity contribution in [2.75, 3.05) is 56.1 Å². The quantitative estimate of drug-likeness (QED) is 0.511. The summed E-state index contributed by atoms with van der Waals surface area (Å²) in [6.45, 7) is 6.67. The van der Waals surface area contributed by atoms with Crippen LogP contribution >= 0.6 is 11.8 Å². The van der Waals surface area contributed by atoms with Crippen LogP contribution in [0.4, 0.5) is 11.6 Å². The van der Waals surface area contributed by atoms with Gasteiger partial charge in [-0.15, -0.1) is 0 Å². The van der Waals surface area contributed by atoms with Gasteiger partial charge in [0.05, 0.1) is 11.1 Å². The van der Waals surface area contributed by atoms with Gasteiger partial charge in [0.15, 0.2) is 0 Å². The van der Waals surface area contributed by atoms with Crippen molar-refractivity contribution in [2.24, 2.45) is 0 Å². The molecule has 3 aromatic rings. The average Bonchev–Trinajstić information content (AvgIpc) is 3.40. The Kier molecular flexibility index (Phi) is 6.98. The highest BCUT2D eigenvalue weighted by Gasteiger charge is 2.19. The first kappa shape index (κ1) is 22.0. The molecule has 0 aliphatic carbocycles. The molecule has 0 unspecified atom stereocenters. The predicted octanol–water partition coefficient (Wildman–Crippen LogP) is 4.56. The van der Waals surface area contributed by atoms with Gasteiger partial charge in [-0.2, -0.15) is 4.98 Å². The molecule has 0 N–H and O–H groups in total. The van der Waals surface area contributed by atoms with Gasteiger partial charge in [-0.1, -0.05) is 42.1 Å². The lowest BCUT2D eigenvalue weighted by atomic mass is 10.2. The summed E-state index contributed by atoms with van der Waals surface area (Å²) in [6.07, 6.45) is 4.46. The van der Waals surface area contributed by atoms with Crippen molar-refractivity contribution < 1.29 is 4.74 Å². The molecule has 6 nitrogen and oxygen atoms in total. The van der Waals surface area contributed by atoms with Gasteiger partial charge in [0.2, 0.25) is 11.8 Å². The van der Waals surface area contributed by atoms with Crippen molar-refractivity contribution in [3.8, 4) is 5.88 Å². The number of piperazine rings is 1. The second kappa shape index (κ2) is 10.4. The maximum Gasteiger partial charge on any atom is 0.232 e. The minimum Gasteiger partial charge on any atom is -0.472 e. The third kappa shape index (κ3) is 5.60. The monoisotopic (exact) mass is 461 g/mol. The van der Waals surface area contributed by atoms with E-state index in [1.54, 1.807) is 11.8 Å². The molecule has 0 atom stereocenters. The third-order valence-corrected chi connectivity index (χ3v) is 7.23. The van der Waals surface area contributed by atoms with E-state index in [1.807, 2.05) is 24.4 Å². The van der Waals surface area contributed by atoms with Crippen LogP contribution < -0.4 is 14.5 Å². The molecule has 7 heteroatoms. The Hall–Kier alpha value is -2.77. The number of hydrogen-bond donors (Lipinski definition) is 0. The van der Waals surface area contributed by atoms with E-state index in [0.717, 1.165) is 60.6 Å². The second-order valence-electron chi connectivity index (χ2n) is 8.70. The summed E-state index contributed by atoms with van der Waals surface area (Å²) in [6, 6.07) is 19.0. The number of rotatable bonds is 7. The van der Waals surface area contributed by atoms with E-state index in [2.05, 4.69) is 58.1 Å². The number of benzene rings is 2. The van der Waals surface area contributed by atoms with Crippen LogP contribution in [0.2, 0.25) is 0 Å². The molecular formula is C26H31N5OS. The van der Waals surface area contributed by atoms with Gasteiger partial charge in [0.25, 0.3) is 0 Å². The largest absolute Gasteiger partial charge is 0.472 e.